The van der Waals surface area contributed by atoms with Crippen LogP contribution >= 0.6 is 31.9 Å². The van der Waals surface area contributed by atoms with E-state index < -0.39 is 0 Å². The molecule has 1 aromatic heterocycles. The molecule has 0 spiro atoms. The van der Waals surface area contributed by atoms with Gasteiger partial charge in [-0.05, 0) is 61.2 Å². The number of ketones is 1. The van der Waals surface area contributed by atoms with Crippen LogP contribution in [0.3, 0.4) is 0 Å². The molecule has 0 aliphatic heterocycles. The first-order valence-electron chi connectivity index (χ1n) is 9.75. The summed E-state index contributed by atoms with van der Waals surface area (Å²) >= 11 is 7.18. The fourth-order valence-corrected chi connectivity index (χ4v) is 4.22. The molecule has 0 radical (unpaired) electrons. The fraction of sp³-hybridized carbons (Fsp3) is 0.522. The molecule has 0 fully saturated rings. The van der Waals surface area contributed by atoms with E-state index in [9.17, 15) is 9.90 Å². The molecule has 0 bridgehead atoms. The Morgan fingerprint density at radius 1 is 1.04 bits per heavy atom. The second-order valence-corrected chi connectivity index (χ2v) is 11.0. The Kier molecular flexibility index (Phi) is 6.92. The van der Waals surface area contributed by atoms with Gasteiger partial charge in [0.2, 0.25) is 0 Å². The van der Waals surface area contributed by atoms with Gasteiger partial charge in [-0.2, -0.15) is 0 Å². The van der Waals surface area contributed by atoms with E-state index in [0.29, 0.717) is 11.1 Å². The highest BCUT2D eigenvalue weighted by Crippen LogP contribution is 2.41. The third kappa shape index (κ3) is 4.73. The summed E-state index contributed by atoms with van der Waals surface area (Å²) in [5, 5.41) is 10.9. The SMILES string of the molecule is CCCCn1cc(C(=O)c2cc(C(C)(C)C)c(O)c(C(C)(C)C)c2)c(Br)c1Br. The number of halogens is 2. The number of rotatable bonds is 5. The van der Waals surface area contributed by atoms with Gasteiger partial charge in [-0.15, -0.1) is 0 Å². The van der Waals surface area contributed by atoms with E-state index in [1.165, 1.54) is 0 Å². The average Bonchev–Trinajstić information content (AvgIpc) is 2.85. The number of aromatic hydroxyl groups is 1. The van der Waals surface area contributed by atoms with E-state index in [1.54, 1.807) is 0 Å². The summed E-state index contributed by atoms with van der Waals surface area (Å²) in [5.74, 6) is 0.246. The number of unbranched alkanes of at least 4 members (excludes halogenated alkanes) is 1. The Morgan fingerprint density at radius 3 is 1.96 bits per heavy atom. The number of nitrogens with zero attached hydrogens (tertiary/aromatic N) is 1. The van der Waals surface area contributed by atoms with Crippen molar-refractivity contribution in [2.24, 2.45) is 0 Å². The maximum atomic E-state index is 13.4. The molecule has 0 saturated carbocycles. The summed E-state index contributed by atoms with van der Waals surface area (Å²) in [6, 6.07) is 3.69. The lowest BCUT2D eigenvalue weighted by atomic mass is 9.78. The third-order valence-corrected chi connectivity index (χ3v) is 7.13. The lowest BCUT2D eigenvalue weighted by Gasteiger charge is -2.28. The molecule has 154 valence electrons. The molecule has 1 N–H and O–H groups in total. The van der Waals surface area contributed by atoms with E-state index >= 15 is 0 Å². The maximum absolute atomic E-state index is 13.4. The molecule has 0 amide bonds. The van der Waals surface area contributed by atoms with Gasteiger partial charge in [-0.25, -0.2) is 0 Å². The summed E-state index contributed by atoms with van der Waals surface area (Å²) in [5.41, 5.74) is 2.28. The van der Waals surface area contributed by atoms with Gasteiger partial charge in [0.15, 0.2) is 5.78 Å². The van der Waals surface area contributed by atoms with Crippen molar-refractivity contribution in [2.45, 2.75) is 78.7 Å². The summed E-state index contributed by atoms with van der Waals surface area (Å²) in [6.07, 6.45) is 4.05. The van der Waals surface area contributed by atoms with Crippen LogP contribution in [0, 0.1) is 0 Å². The first kappa shape index (κ1) is 23.2. The lowest BCUT2D eigenvalue weighted by Crippen LogP contribution is -2.19. The van der Waals surface area contributed by atoms with Crippen molar-refractivity contribution in [3.63, 3.8) is 0 Å². The Bertz CT molecular complexity index is 848. The van der Waals surface area contributed by atoms with Crippen LogP contribution in [0.5, 0.6) is 5.75 Å². The number of aryl methyl sites for hydroxylation is 1. The van der Waals surface area contributed by atoms with Gasteiger partial charge in [-0.1, -0.05) is 54.9 Å². The van der Waals surface area contributed by atoms with E-state index in [2.05, 4.69) is 84.9 Å². The summed E-state index contributed by atoms with van der Waals surface area (Å²) in [6.45, 7) is 15.3. The maximum Gasteiger partial charge on any atom is 0.195 e. The number of phenols is 1. The molecule has 1 heterocycles. The Balaban J connectivity index is 2.63. The first-order valence-corrected chi connectivity index (χ1v) is 11.3. The highest BCUT2D eigenvalue weighted by Gasteiger charge is 2.29. The van der Waals surface area contributed by atoms with Gasteiger partial charge >= 0.3 is 0 Å². The zero-order chi connectivity index (χ0) is 21.4. The molecule has 28 heavy (non-hydrogen) atoms. The van der Waals surface area contributed by atoms with Crippen molar-refractivity contribution in [1.29, 1.82) is 0 Å². The summed E-state index contributed by atoms with van der Waals surface area (Å²) < 4.78 is 3.72. The van der Waals surface area contributed by atoms with Crippen molar-refractivity contribution in [2.75, 3.05) is 0 Å². The highest BCUT2D eigenvalue weighted by molar-refractivity contribution is 9.13. The molecule has 5 heteroatoms. The topological polar surface area (TPSA) is 42.2 Å². The highest BCUT2D eigenvalue weighted by atomic mass is 79.9. The zero-order valence-corrected chi connectivity index (χ0v) is 21.1. The minimum absolute atomic E-state index is 0.0428. The lowest BCUT2D eigenvalue weighted by molar-refractivity contribution is 0.103. The van der Waals surface area contributed by atoms with Crippen molar-refractivity contribution in [3.8, 4) is 5.75 Å². The molecule has 0 aliphatic rings. The zero-order valence-electron chi connectivity index (χ0n) is 17.9. The molecule has 0 unspecified atom stereocenters. The number of hydrogen-bond acceptors (Lipinski definition) is 2. The fourth-order valence-electron chi connectivity index (χ4n) is 3.22. The average molecular weight is 513 g/mol. The van der Waals surface area contributed by atoms with E-state index in [4.69, 9.17) is 0 Å². The molecule has 2 rings (SSSR count). The van der Waals surface area contributed by atoms with E-state index in [0.717, 1.165) is 39.6 Å². The predicted molar refractivity (Wildman–Crippen MR) is 124 cm³/mol. The standard InChI is InChI=1S/C23H31Br2NO2/c1-8-9-10-26-13-15(18(24)21(26)25)19(27)14-11-16(22(2,3)4)20(28)17(12-14)23(5,6)7/h11-13,28H,8-10H2,1-7H3. The summed E-state index contributed by atoms with van der Waals surface area (Å²) in [4.78, 5) is 13.4. The van der Waals surface area contributed by atoms with Crippen LogP contribution in [0.4, 0.5) is 0 Å². The Labute approximate surface area is 185 Å². The number of aromatic nitrogens is 1. The molecular weight excluding hydrogens is 482 g/mol. The Hall–Kier alpha value is -1.07. The van der Waals surface area contributed by atoms with Crippen molar-refractivity contribution in [3.05, 3.63) is 49.7 Å². The van der Waals surface area contributed by atoms with Gasteiger partial charge in [-0.3, -0.25) is 4.79 Å². The molecule has 0 aliphatic carbocycles. The van der Waals surface area contributed by atoms with Crippen LogP contribution in [0.1, 0.15) is 88.4 Å². The van der Waals surface area contributed by atoms with Crippen LogP contribution in [0.25, 0.3) is 0 Å². The smallest absolute Gasteiger partial charge is 0.195 e. The van der Waals surface area contributed by atoms with E-state index in [1.807, 2.05) is 18.3 Å². The normalized spacial score (nSPS) is 12.5. The van der Waals surface area contributed by atoms with Gasteiger partial charge in [0.05, 0.1) is 14.6 Å². The molecule has 0 saturated heterocycles. The number of phenolic OH excluding ortho intramolecular Hbond substituents is 1. The van der Waals surface area contributed by atoms with Crippen molar-refractivity contribution in [1.82, 2.24) is 4.57 Å². The van der Waals surface area contributed by atoms with Crippen LogP contribution < -0.4 is 0 Å². The predicted octanol–water partition coefficient (Wildman–Crippen LogP) is 7.34. The van der Waals surface area contributed by atoms with Gasteiger partial charge in [0.25, 0.3) is 0 Å². The van der Waals surface area contributed by atoms with Gasteiger partial charge in [0.1, 0.15) is 5.75 Å². The van der Waals surface area contributed by atoms with Gasteiger partial charge in [0, 0.05) is 29.4 Å². The second-order valence-electron chi connectivity index (χ2n) is 9.44. The first-order chi connectivity index (χ1) is 12.8. The molecule has 1 aromatic carbocycles. The van der Waals surface area contributed by atoms with Crippen molar-refractivity contribution >= 4 is 37.6 Å². The molecule has 0 atom stereocenters. The van der Waals surface area contributed by atoms with Crippen LogP contribution in [0.2, 0.25) is 0 Å². The minimum atomic E-state index is -0.273. The number of hydrogen-bond donors (Lipinski definition) is 1. The molecular formula is C23H31Br2NO2. The molecule has 3 nitrogen and oxygen atoms in total. The van der Waals surface area contributed by atoms with Crippen LogP contribution in [-0.4, -0.2) is 15.5 Å². The summed E-state index contributed by atoms with van der Waals surface area (Å²) in [7, 11) is 0. The quantitative estimate of drug-likeness (QED) is 0.425. The molecule has 2 aromatic rings. The number of carbonyl (C=O) groups is 1. The largest absolute Gasteiger partial charge is 0.507 e. The number of carbonyl (C=O) groups excluding carboxylic acids is 1. The van der Waals surface area contributed by atoms with Crippen LogP contribution in [0.15, 0.2) is 27.4 Å². The Morgan fingerprint density at radius 2 is 1.54 bits per heavy atom. The van der Waals surface area contributed by atoms with Crippen molar-refractivity contribution < 1.29 is 9.90 Å². The van der Waals surface area contributed by atoms with Gasteiger partial charge < -0.3 is 9.67 Å². The van der Waals surface area contributed by atoms with Crippen LogP contribution in [-0.2, 0) is 17.4 Å². The number of benzene rings is 1. The minimum Gasteiger partial charge on any atom is -0.507 e. The second kappa shape index (κ2) is 8.35. The monoisotopic (exact) mass is 511 g/mol. The van der Waals surface area contributed by atoms with E-state index in [-0.39, 0.29) is 22.4 Å². The third-order valence-electron chi connectivity index (χ3n) is 4.94.